The molecule has 0 saturated carbocycles. The Kier molecular flexibility index (Phi) is 5.80. The summed E-state index contributed by atoms with van der Waals surface area (Å²) >= 11 is 0. The van der Waals surface area contributed by atoms with E-state index in [0.29, 0.717) is 0 Å². The smallest absolute Gasteiger partial charge is 0.329 e. The zero-order valence-corrected chi connectivity index (χ0v) is 16.4. The number of hydrogen-bond donors (Lipinski definition) is 0. The van der Waals surface area contributed by atoms with Gasteiger partial charge in [0.2, 0.25) is 0 Å². The molecular formula is C16H29NO5Si. The van der Waals surface area contributed by atoms with Gasteiger partial charge in [-0.1, -0.05) is 27.7 Å². The van der Waals surface area contributed by atoms with E-state index in [0.717, 1.165) is 11.3 Å². The molecule has 1 amide bonds. The lowest BCUT2D eigenvalue weighted by atomic mass is 9.79. The molecule has 0 bridgehead atoms. The van der Waals surface area contributed by atoms with Crippen LogP contribution in [0.3, 0.4) is 0 Å². The van der Waals surface area contributed by atoms with Gasteiger partial charge in [0.15, 0.2) is 8.32 Å². The zero-order valence-electron chi connectivity index (χ0n) is 15.4. The van der Waals surface area contributed by atoms with E-state index in [-0.39, 0.29) is 17.0 Å². The quantitative estimate of drug-likeness (QED) is 0.421. The van der Waals surface area contributed by atoms with E-state index < -0.39 is 32.2 Å². The molecule has 1 saturated heterocycles. The molecule has 0 N–H and O–H groups in total. The van der Waals surface area contributed by atoms with Gasteiger partial charge in [-0.25, -0.2) is 0 Å². The van der Waals surface area contributed by atoms with E-state index in [1.165, 1.54) is 6.92 Å². The third-order valence-corrected chi connectivity index (χ3v) is 9.49. The maximum atomic E-state index is 12.4. The highest BCUT2D eigenvalue weighted by Gasteiger charge is 2.56. The predicted molar refractivity (Wildman–Crippen MR) is 88.9 cm³/mol. The fraction of sp³-hybridized carbons (Fsp3) is 0.812. The average molecular weight is 343 g/mol. The third kappa shape index (κ3) is 4.01. The summed E-state index contributed by atoms with van der Waals surface area (Å²) in [4.78, 5) is 39.7. The molecule has 0 spiro atoms. The van der Waals surface area contributed by atoms with Gasteiger partial charge in [-0.3, -0.25) is 9.59 Å². The van der Waals surface area contributed by atoms with Crippen LogP contribution in [0.1, 0.15) is 41.5 Å². The molecule has 1 heterocycles. The lowest BCUT2D eigenvalue weighted by Crippen LogP contribution is -2.67. The van der Waals surface area contributed by atoms with Crippen molar-refractivity contribution >= 4 is 26.5 Å². The van der Waals surface area contributed by atoms with Crippen molar-refractivity contribution in [1.82, 2.24) is 5.06 Å². The van der Waals surface area contributed by atoms with Crippen LogP contribution in [-0.2, 0) is 23.6 Å². The maximum absolute atomic E-state index is 12.4. The number of β-lactam (4-membered cyclic amide) rings is 1. The summed E-state index contributed by atoms with van der Waals surface area (Å²) in [7, 11) is -2.04. The highest BCUT2D eigenvalue weighted by Crippen LogP contribution is 2.41. The van der Waals surface area contributed by atoms with Crippen molar-refractivity contribution in [2.24, 2.45) is 11.8 Å². The summed E-state index contributed by atoms with van der Waals surface area (Å²) in [5, 5.41) is 1.05. The minimum atomic E-state index is -2.04. The lowest BCUT2D eigenvalue weighted by molar-refractivity contribution is -0.248. The Hall–Kier alpha value is -1.21. The molecule has 0 aromatic carbocycles. The van der Waals surface area contributed by atoms with Crippen LogP contribution < -0.4 is 0 Å². The van der Waals surface area contributed by atoms with Gasteiger partial charge in [0.05, 0.1) is 18.1 Å². The molecule has 4 atom stereocenters. The highest BCUT2D eigenvalue weighted by atomic mass is 28.4. The van der Waals surface area contributed by atoms with Crippen LogP contribution >= 0.6 is 0 Å². The topological polar surface area (TPSA) is 72.9 Å². The lowest BCUT2D eigenvalue weighted by Gasteiger charge is -2.50. The number of amides is 1. The number of hydrogen-bond acceptors (Lipinski definition) is 5. The van der Waals surface area contributed by atoms with E-state index in [4.69, 9.17) is 9.26 Å². The van der Waals surface area contributed by atoms with Crippen LogP contribution in [-0.4, -0.2) is 43.7 Å². The van der Waals surface area contributed by atoms with Crippen LogP contribution in [0.5, 0.6) is 0 Å². The van der Waals surface area contributed by atoms with Gasteiger partial charge in [0.1, 0.15) is 6.29 Å². The maximum Gasteiger partial charge on any atom is 0.329 e. The number of hydroxylamine groups is 2. The molecule has 0 aliphatic carbocycles. The van der Waals surface area contributed by atoms with E-state index in [1.807, 2.05) is 6.92 Å². The molecule has 7 heteroatoms. The molecule has 6 nitrogen and oxygen atoms in total. The predicted octanol–water partition coefficient (Wildman–Crippen LogP) is 2.54. The van der Waals surface area contributed by atoms with E-state index in [9.17, 15) is 14.4 Å². The third-order valence-electron chi connectivity index (χ3n) is 4.91. The molecule has 23 heavy (non-hydrogen) atoms. The van der Waals surface area contributed by atoms with Crippen LogP contribution in [0, 0.1) is 11.8 Å². The molecule has 132 valence electrons. The first-order valence-electron chi connectivity index (χ1n) is 7.98. The molecule has 1 fully saturated rings. The fourth-order valence-corrected chi connectivity index (χ4v) is 3.99. The molecule has 0 unspecified atom stereocenters. The summed E-state index contributed by atoms with van der Waals surface area (Å²) in [6.45, 7) is 15.4. The molecule has 1 rings (SSSR count). The van der Waals surface area contributed by atoms with Crippen molar-refractivity contribution < 1.29 is 23.6 Å². The average Bonchev–Trinajstić information content (AvgIpc) is 2.38. The number of carbonyl (C=O) groups excluding carboxylic acids is 3. The van der Waals surface area contributed by atoms with Crippen molar-refractivity contribution in [3.8, 4) is 0 Å². The monoisotopic (exact) mass is 343 g/mol. The van der Waals surface area contributed by atoms with Crippen LogP contribution in [0.4, 0.5) is 0 Å². The van der Waals surface area contributed by atoms with Crippen molar-refractivity contribution in [3.05, 3.63) is 0 Å². The Balaban J connectivity index is 2.94. The van der Waals surface area contributed by atoms with Gasteiger partial charge < -0.3 is 14.1 Å². The second-order valence-corrected chi connectivity index (χ2v) is 12.6. The van der Waals surface area contributed by atoms with Gasteiger partial charge in [0.25, 0.3) is 5.91 Å². The Morgan fingerprint density at radius 1 is 1.30 bits per heavy atom. The van der Waals surface area contributed by atoms with E-state index in [1.54, 1.807) is 6.92 Å². The zero-order chi connectivity index (χ0) is 18.2. The minimum Gasteiger partial charge on any atom is -0.413 e. The normalized spacial score (nSPS) is 24.7. The summed E-state index contributed by atoms with van der Waals surface area (Å²) in [5.74, 6) is -1.77. The standard InChI is InChI=1S/C16H29NO5Si/c1-10(9-18)14-13(15(20)17(14)21-12(3)19)11(2)22-23(7,8)16(4,5)6/h9-11,13-14H,1-8H3/t10-,11-,13-,14-/m1/s1. The van der Waals surface area contributed by atoms with Gasteiger partial charge in [-0.2, -0.15) is 5.06 Å². The number of carbonyl (C=O) groups is 3. The second kappa shape index (κ2) is 6.73. The second-order valence-electron chi connectivity index (χ2n) is 7.84. The van der Waals surface area contributed by atoms with Gasteiger partial charge >= 0.3 is 5.97 Å². The molecule has 0 aromatic rings. The van der Waals surface area contributed by atoms with Crippen LogP contribution in [0.25, 0.3) is 0 Å². The van der Waals surface area contributed by atoms with Crippen molar-refractivity contribution in [1.29, 1.82) is 0 Å². The first-order valence-corrected chi connectivity index (χ1v) is 10.9. The molecular weight excluding hydrogens is 314 g/mol. The number of aldehydes is 1. The van der Waals surface area contributed by atoms with Crippen molar-refractivity contribution in [2.45, 2.75) is 71.8 Å². The fourth-order valence-electron chi connectivity index (χ4n) is 2.56. The summed E-state index contributed by atoms with van der Waals surface area (Å²) in [6, 6.07) is -0.469. The SMILES string of the molecule is CC(=O)ON1C(=O)[C@H]([C@@H](C)O[Si](C)(C)C(C)(C)C)[C@H]1[C@H](C)C=O. The van der Waals surface area contributed by atoms with Crippen LogP contribution in [0.15, 0.2) is 0 Å². The summed E-state index contributed by atoms with van der Waals surface area (Å²) in [5.41, 5.74) is 0. The van der Waals surface area contributed by atoms with Gasteiger partial charge in [0, 0.05) is 12.8 Å². The number of rotatable bonds is 6. The van der Waals surface area contributed by atoms with Crippen molar-refractivity contribution in [2.75, 3.05) is 0 Å². The molecule has 0 aromatic heterocycles. The van der Waals surface area contributed by atoms with Gasteiger partial charge in [-0.15, -0.1) is 0 Å². The minimum absolute atomic E-state index is 0.0232. The Morgan fingerprint density at radius 3 is 2.22 bits per heavy atom. The number of nitrogens with zero attached hydrogens (tertiary/aromatic N) is 1. The highest BCUT2D eigenvalue weighted by molar-refractivity contribution is 6.74. The Morgan fingerprint density at radius 2 is 1.83 bits per heavy atom. The Bertz CT molecular complexity index is 485. The first kappa shape index (κ1) is 19.8. The molecule has 0 radical (unpaired) electrons. The Labute approximate surface area is 139 Å². The van der Waals surface area contributed by atoms with E-state index in [2.05, 4.69) is 33.9 Å². The summed E-state index contributed by atoms with van der Waals surface area (Å²) in [6.07, 6.45) is 0.447. The molecule has 1 aliphatic heterocycles. The van der Waals surface area contributed by atoms with Gasteiger partial charge in [-0.05, 0) is 25.1 Å². The summed E-state index contributed by atoms with van der Waals surface area (Å²) < 4.78 is 6.29. The van der Waals surface area contributed by atoms with Crippen molar-refractivity contribution in [3.63, 3.8) is 0 Å². The van der Waals surface area contributed by atoms with E-state index >= 15 is 0 Å². The van der Waals surface area contributed by atoms with Crippen LogP contribution in [0.2, 0.25) is 18.1 Å². The largest absolute Gasteiger partial charge is 0.413 e. The first-order chi connectivity index (χ1) is 10.3. The molecule has 1 aliphatic rings.